The average molecular weight is 320 g/mol. The zero-order chi connectivity index (χ0) is 14.3. The van der Waals surface area contributed by atoms with E-state index in [9.17, 15) is 4.39 Å². The first kappa shape index (κ1) is 14.2. The lowest BCUT2D eigenvalue weighted by molar-refractivity contribution is 0.0959. The van der Waals surface area contributed by atoms with Gasteiger partial charge in [-0.2, -0.15) is 11.8 Å². The van der Waals surface area contributed by atoms with E-state index in [-0.39, 0.29) is 5.82 Å². The highest BCUT2D eigenvalue weighted by molar-refractivity contribution is 8.02. The number of thioether (sulfide) groups is 2. The molecule has 1 aromatic rings. The molecule has 0 aromatic heterocycles. The molecule has 0 bridgehead atoms. The molecule has 0 N–H and O–H groups in total. The van der Waals surface area contributed by atoms with Crippen molar-refractivity contribution >= 4 is 23.5 Å². The Morgan fingerprint density at radius 1 is 1.10 bits per heavy atom. The summed E-state index contributed by atoms with van der Waals surface area (Å²) in [7, 11) is 0. The lowest BCUT2D eigenvalue weighted by Crippen LogP contribution is -2.60. The standard InChI is InChI=1S/C18H21FS2/c19-15-3-5-16(6-4-15)20-12-14-7-10-17-8-1-2-9-18(17,11-14)21-13-17/h3-6,12H,1-2,7-11,13H2/b14-12+. The quantitative estimate of drug-likeness (QED) is 0.610. The molecule has 3 fully saturated rings. The molecule has 3 heteroatoms. The Balaban J connectivity index is 1.47. The largest absolute Gasteiger partial charge is 0.207 e. The summed E-state index contributed by atoms with van der Waals surface area (Å²) in [6.07, 6.45) is 9.74. The highest BCUT2D eigenvalue weighted by Gasteiger charge is 2.61. The summed E-state index contributed by atoms with van der Waals surface area (Å²) in [6, 6.07) is 6.85. The first-order valence-corrected chi connectivity index (χ1v) is 9.82. The van der Waals surface area contributed by atoms with Crippen LogP contribution in [0.1, 0.15) is 44.9 Å². The third-order valence-corrected chi connectivity index (χ3v) is 8.72. The van der Waals surface area contributed by atoms with E-state index < -0.39 is 0 Å². The summed E-state index contributed by atoms with van der Waals surface area (Å²) < 4.78 is 13.5. The minimum absolute atomic E-state index is 0.151. The van der Waals surface area contributed by atoms with E-state index in [2.05, 4.69) is 17.2 Å². The Bertz CT molecular complexity index is 565. The van der Waals surface area contributed by atoms with Crippen molar-refractivity contribution in [1.82, 2.24) is 0 Å². The average Bonchev–Trinajstić information content (AvgIpc) is 2.49. The van der Waals surface area contributed by atoms with Gasteiger partial charge in [-0.25, -0.2) is 4.39 Å². The molecule has 0 spiro atoms. The van der Waals surface area contributed by atoms with Gasteiger partial charge in [0.05, 0.1) is 0 Å². The van der Waals surface area contributed by atoms with Gasteiger partial charge in [0.2, 0.25) is 0 Å². The fourth-order valence-corrected chi connectivity index (χ4v) is 7.19. The van der Waals surface area contributed by atoms with E-state index >= 15 is 0 Å². The fraction of sp³-hybridized carbons (Fsp3) is 0.556. The van der Waals surface area contributed by atoms with Gasteiger partial charge in [-0.05, 0) is 67.2 Å². The number of halogens is 1. The van der Waals surface area contributed by atoms with Crippen molar-refractivity contribution in [2.24, 2.45) is 5.41 Å². The molecule has 21 heavy (non-hydrogen) atoms. The molecule has 112 valence electrons. The van der Waals surface area contributed by atoms with Gasteiger partial charge in [0.15, 0.2) is 0 Å². The van der Waals surface area contributed by atoms with Crippen molar-refractivity contribution in [2.75, 3.05) is 5.75 Å². The van der Waals surface area contributed by atoms with Crippen LogP contribution in [0.25, 0.3) is 0 Å². The van der Waals surface area contributed by atoms with Crippen LogP contribution in [0.3, 0.4) is 0 Å². The molecule has 2 aliphatic carbocycles. The number of allylic oxidation sites excluding steroid dienone is 1. The van der Waals surface area contributed by atoms with Crippen LogP contribution in [0.2, 0.25) is 0 Å². The van der Waals surface area contributed by atoms with Crippen LogP contribution in [0.4, 0.5) is 4.39 Å². The van der Waals surface area contributed by atoms with Crippen LogP contribution < -0.4 is 0 Å². The number of benzene rings is 1. The molecule has 3 aliphatic rings. The van der Waals surface area contributed by atoms with Gasteiger partial charge >= 0.3 is 0 Å². The van der Waals surface area contributed by atoms with Crippen molar-refractivity contribution < 1.29 is 4.39 Å². The topological polar surface area (TPSA) is 0 Å². The van der Waals surface area contributed by atoms with Crippen LogP contribution in [0.15, 0.2) is 40.1 Å². The van der Waals surface area contributed by atoms with E-state index in [0.29, 0.717) is 10.2 Å². The first-order chi connectivity index (χ1) is 10.2. The summed E-state index contributed by atoms with van der Waals surface area (Å²) in [5.41, 5.74) is 2.31. The predicted octanol–water partition coefficient (Wildman–Crippen LogP) is 6.03. The van der Waals surface area contributed by atoms with Gasteiger partial charge in [0, 0.05) is 15.4 Å². The number of hydrogen-bond donors (Lipinski definition) is 0. The van der Waals surface area contributed by atoms with Crippen molar-refractivity contribution in [1.29, 1.82) is 0 Å². The molecule has 1 saturated heterocycles. The molecule has 1 aliphatic heterocycles. The molecule has 0 amide bonds. The van der Waals surface area contributed by atoms with E-state index in [0.717, 1.165) is 4.90 Å². The van der Waals surface area contributed by atoms with Gasteiger partial charge in [-0.15, -0.1) is 0 Å². The van der Waals surface area contributed by atoms with Gasteiger partial charge in [-0.3, -0.25) is 0 Å². The van der Waals surface area contributed by atoms with Gasteiger partial charge in [-0.1, -0.05) is 30.2 Å². The third kappa shape index (κ3) is 2.37. The van der Waals surface area contributed by atoms with Crippen LogP contribution in [-0.4, -0.2) is 10.5 Å². The highest BCUT2D eigenvalue weighted by atomic mass is 32.2. The minimum atomic E-state index is -0.151. The van der Waals surface area contributed by atoms with E-state index in [1.807, 2.05) is 12.1 Å². The summed E-state index contributed by atoms with van der Waals surface area (Å²) in [4.78, 5) is 1.14. The zero-order valence-electron chi connectivity index (χ0n) is 12.2. The van der Waals surface area contributed by atoms with Gasteiger partial charge in [0.1, 0.15) is 5.82 Å². The second kappa shape index (κ2) is 5.34. The maximum Gasteiger partial charge on any atom is 0.123 e. The molecule has 1 aromatic carbocycles. The van der Waals surface area contributed by atoms with Gasteiger partial charge < -0.3 is 0 Å². The maximum atomic E-state index is 12.9. The zero-order valence-corrected chi connectivity index (χ0v) is 13.9. The van der Waals surface area contributed by atoms with Gasteiger partial charge in [0.25, 0.3) is 0 Å². The maximum absolute atomic E-state index is 12.9. The molecule has 2 atom stereocenters. The van der Waals surface area contributed by atoms with E-state index in [1.54, 1.807) is 29.5 Å². The van der Waals surface area contributed by atoms with Crippen molar-refractivity contribution in [3.05, 3.63) is 41.1 Å². The molecular formula is C18H21FS2. The summed E-state index contributed by atoms with van der Waals surface area (Å²) >= 11 is 4.00. The molecule has 0 radical (unpaired) electrons. The van der Waals surface area contributed by atoms with Crippen molar-refractivity contribution in [3.8, 4) is 0 Å². The number of hydrogen-bond acceptors (Lipinski definition) is 2. The first-order valence-electron chi connectivity index (χ1n) is 7.96. The van der Waals surface area contributed by atoms with Crippen LogP contribution in [0, 0.1) is 11.2 Å². The summed E-state index contributed by atoms with van der Waals surface area (Å²) in [5.74, 6) is 1.26. The Morgan fingerprint density at radius 3 is 2.67 bits per heavy atom. The van der Waals surface area contributed by atoms with Crippen molar-refractivity contribution in [3.63, 3.8) is 0 Å². The lowest BCUT2D eigenvalue weighted by atomic mass is 9.58. The lowest BCUT2D eigenvalue weighted by Gasteiger charge is -2.65. The Hall–Kier alpha value is -0.410. The van der Waals surface area contributed by atoms with Crippen LogP contribution in [0.5, 0.6) is 0 Å². The predicted molar refractivity (Wildman–Crippen MR) is 90.3 cm³/mol. The van der Waals surface area contributed by atoms with Crippen LogP contribution >= 0.6 is 23.5 Å². The highest BCUT2D eigenvalue weighted by Crippen LogP contribution is 2.69. The monoisotopic (exact) mass is 320 g/mol. The molecule has 2 unspecified atom stereocenters. The molecule has 1 heterocycles. The summed E-state index contributed by atoms with van der Waals surface area (Å²) in [6.45, 7) is 0. The molecule has 0 nitrogen and oxygen atoms in total. The van der Waals surface area contributed by atoms with E-state index in [4.69, 9.17) is 0 Å². The Kier molecular flexibility index (Phi) is 3.61. The SMILES string of the molecule is Fc1ccc(S/C=C2\CCC34CCCCC3(C2)SC4)cc1. The smallest absolute Gasteiger partial charge is 0.123 e. The van der Waals surface area contributed by atoms with Crippen molar-refractivity contribution in [2.45, 2.75) is 54.6 Å². The normalized spacial score (nSPS) is 36.7. The Morgan fingerprint density at radius 2 is 1.90 bits per heavy atom. The minimum Gasteiger partial charge on any atom is -0.207 e. The molecule has 4 rings (SSSR count). The Labute approximate surface area is 135 Å². The summed E-state index contributed by atoms with van der Waals surface area (Å²) in [5, 5.41) is 2.35. The second-order valence-corrected chi connectivity index (χ2v) is 9.10. The number of rotatable bonds is 2. The molecule has 2 saturated carbocycles. The molecular weight excluding hydrogens is 299 g/mol. The van der Waals surface area contributed by atoms with Crippen LogP contribution in [-0.2, 0) is 0 Å². The van der Waals surface area contributed by atoms with E-state index in [1.165, 1.54) is 50.7 Å². The third-order valence-electron chi connectivity index (χ3n) is 5.69. The fourth-order valence-electron chi connectivity index (χ4n) is 4.36. The second-order valence-electron chi connectivity index (χ2n) is 6.80.